The highest BCUT2D eigenvalue weighted by Crippen LogP contribution is 2.05. The van der Waals surface area contributed by atoms with E-state index in [0.29, 0.717) is 18.4 Å². The van der Waals surface area contributed by atoms with Crippen molar-refractivity contribution in [3.05, 3.63) is 11.6 Å². The third-order valence-electron chi connectivity index (χ3n) is 1.15. The molecule has 0 aliphatic rings. The van der Waals surface area contributed by atoms with E-state index in [1.54, 1.807) is 0 Å². The fourth-order valence-corrected chi connectivity index (χ4v) is 0.781. The third kappa shape index (κ3) is 4.73. The molecule has 0 aromatic heterocycles. The predicted octanol–water partition coefficient (Wildman–Crippen LogP) is 1.10. The number of hydrogen-bond donors (Lipinski definition) is 2. The second kappa shape index (κ2) is 5.60. The number of carboxylic acid groups (broad SMARTS) is 2. The Balaban J connectivity index is 4.23. The van der Waals surface area contributed by atoms with E-state index in [9.17, 15) is 9.59 Å². The smallest absolute Gasteiger partial charge is 0.331 e. The molecule has 0 bridgehead atoms. The Labute approximate surface area is 74.5 Å². The Hall–Kier alpha value is -1.03. The maximum Gasteiger partial charge on any atom is 0.331 e. The monoisotopic (exact) mass is 192 g/mol. The number of alkyl halides is 1. The first kappa shape index (κ1) is 11.0. The lowest BCUT2D eigenvalue weighted by atomic mass is 10.1. The van der Waals surface area contributed by atoms with Crippen molar-refractivity contribution in [2.75, 3.05) is 5.88 Å². The van der Waals surface area contributed by atoms with E-state index in [1.807, 2.05) is 0 Å². The fraction of sp³-hybridized carbons (Fsp3) is 0.429. The van der Waals surface area contributed by atoms with Crippen molar-refractivity contribution < 1.29 is 19.8 Å². The molecule has 0 saturated heterocycles. The van der Waals surface area contributed by atoms with Crippen LogP contribution in [-0.4, -0.2) is 28.0 Å². The standard InChI is InChI=1S/C7H9ClO4/c8-3-1-2-5(7(11)12)4-6(9)10/h4H,1-3H2,(H,9,10)(H,11,12). The van der Waals surface area contributed by atoms with Crippen LogP contribution in [0.15, 0.2) is 11.6 Å². The number of rotatable bonds is 5. The molecule has 0 heterocycles. The van der Waals surface area contributed by atoms with Crippen LogP contribution in [0.25, 0.3) is 0 Å². The van der Waals surface area contributed by atoms with Gasteiger partial charge < -0.3 is 10.2 Å². The summed E-state index contributed by atoms with van der Waals surface area (Å²) in [4.78, 5) is 20.5. The van der Waals surface area contributed by atoms with E-state index in [2.05, 4.69) is 0 Å². The molecule has 0 aliphatic heterocycles. The summed E-state index contributed by atoms with van der Waals surface area (Å²) in [5.41, 5.74) is -0.122. The van der Waals surface area contributed by atoms with Crippen molar-refractivity contribution in [2.45, 2.75) is 12.8 Å². The molecule has 0 saturated carbocycles. The Kier molecular flexibility index (Phi) is 5.12. The van der Waals surface area contributed by atoms with Gasteiger partial charge in [-0.1, -0.05) is 0 Å². The van der Waals surface area contributed by atoms with E-state index < -0.39 is 11.9 Å². The molecule has 0 amide bonds. The number of hydrogen-bond acceptors (Lipinski definition) is 2. The van der Waals surface area contributed by atoms with Crippen LogP contribution in [0.5, 0.6) is 0 Å². The highest BCUT2D eigenvalue weighted by molar-refractivity contribution is 6.17. The van der Waals surface area contributed by atoms with E-state index in [-0.39, 0.29) is 12.0 Å². The van der Waals surface area contributed by atoms with Gasteiger partial charge in [0, 0.05) is 17.5 Å². The summed E-state index contributed by atoms with van der Waals surface area (Å²) in [6.07, 6.45) is 1.34. The van der Waals surface area contributed by atoms with Crippen molar-refractivity contribution >= 4 is 23.5 Å². The van der Waals surface area contributed by atoms with Crippen LogP contribution in [0.1, 0.15) is 12.8 Å². The largest absolute Gasteiger partial charge is 0.478 e. The lowest BCUT2D eigenvalue weighted by Crippen LogP contribution is -2.04. The van der Waals surface area contributed by atoms with Gasteiger partial charge in [0.2, 0.25) is 0 Å². The Bertz CT molecular complexity index is 209. The van der Waals surface area contributed by atoms with Crippen LogP contribution in [0.4, 0.5) is 0 Å². The molecule has 0 aromatic carbocycles. The number of carbonyl (C=O) groups is 2. The van der Waals surface area contributed by atoms with Crippen LogP contribution in [0.3, 0.4) is 0 Å². The molecule has 0 aromatic rings. The van der Waals surface area contributed by atoms with E-state index >= 15 is 0 Å². The average molecular weight is 193 g/mol. The molecule has 5 heteroatoms. The van der Waals surface area contributed by atoms with Crippen molar-refractivity contribution in [1.82, 2.24) is 0 Å². The highest BCUT2D eigenvalue weighted by atomic mass is 35.5. The lowest BCUT2D eigenvalue weighted by Gasteiger charge is -1.97. The zero-order valence-corrected chi connectivity index (χ0v) is 7.04. The molecule has 0 unspecified atom stereocenters. The summed E-state index contributed by atoms with van der Waals surface area (Å²) in [6.45, 7) is 0. The third-order valence-corrected chi connectivity index (χ3v) is 1.42. The zero-order valence-electron chi connectivity index (χ0n) is 6.29. The van der Waals surface area contributed by atoms with Crippen LogP contribution >= 0.6 is 11.6 Å². The summed E-state index contributed by atoms with van der Waals surface area (Å²) in [6, 6.07) is 0. The van der Waals surface area contributed by atoms with Crippen molar-refractivity contribution in [2.24, 2.45) is 0 Å². The zero-order chi connectivity index (χ0) is 9.56. The first-order valence-electron chi connectivity index (χ1n) is 3.30. The molecule has 4 nitrogen and oxygen atoms in total. The van der Waals surface area contributed by atoms with Gasteiger partial charge in [0.1, 0.15) is 0 Å². The maximum atomic E-state index is 10.4. The first-order valence-corrected chi connectivity index (χ1v) is 3.84. The number of carboxylic acids is 2. The highest BCUT2D eigenvalue weighted by Gasteiger charge is 2.08. The second-order valence-electron chi connectivity index (χ2n) is 2.11. The van der Waals surface area contributed by atoms with E-state index in [1.165, 1.54) is 0 Å². The minimum atomic E-state index is -1.25. The Morgan fingerprint density at radius 1 is 1.33 bits per heavy atom. The number of halogens is 1. The molecular formula is C7H9ClO4. The molecule has 12 heavy (non-hydrogen) atoms. The first-order chi connectivity index (χ1) is 5.57. The summed E-state index contributed by atoms with van der Waals surface area (Å²) in [5, 5.41) is 16.7. The van der Waals surface area contributed by atoms with Crippen LogP contribution in [-0.2, 0) is 9.59 Å². The normalized spacial score (nSPS) is 11.2. The molecule has 2 N–H and O–H groups in total. The quantitative estimate of drug-likeness (QED) is 0.505. The predicted molar refractivity (Wildman–Crippen MR) is 43.3 cm³/mol. The van der Waals surface area contributed by atoms with Crippen molar-refractivity contribution in [1.29, 1.82) is 0 Å². The lowest BCUT2D eigenvalue weighted by molar-refractivity contribution is -0.135. The second-order valence-corrected chi connectivity index (χ2v) is 2.48. The Morgan fingerprint density at radius 2 is 1.92 bits per heavy atom. The maximum absolute atomic E-state index is 10.4. The summed E-state index contributed by atoms with van der Waals surface area (Å²) in [5.74, 6) is -2.13. The van der Waals surface area contributed by atoms with Gasteiger partial charge in [-0.2, -0.15) is 0 Å². The molecule has 0 atom stereocenters. The fourth-order valence-electron chi connectivity index (χ4n) is 0.647. The van der Waals surface area contributed by atoms with Crippen LogP contribution in [0, 0.1) is 0 Å². The number of aliphatic carboxylic acids is 2. The molecular weight excluding hydrogens is 184 g/mol. The van der Waals surface area contributed by atoms with Gasteiger partial charge in [-0.3, -0.25) is 0 Å². The molecule has 0 spiro atoms. The van der Waals surface area contributed by atoms with E-state index in [0.717, 1.165) is 0 Å². The minimum Gasteiger partial charge on any atom is -0.478 e. The topological polar surface area (TPSA) is 74.6 Å². The Morgan fingerprint density at radius 3 is 2.25 bits per heavy atom. The molecule has 0 rings (SSSR count). The molecule has 0 aliphatic carbocycles. The SMILES string of the molecule is O=C(O)C=C(CCCCl)C(=O)O. The van der Waals surface area contributed by atoms with Gasteiger partial charge in [0.15, 0.2) is 0 Å². The summed E-state index contributed by atoms with van der Waals surface area (Å²) >= 11 is 5.32. The van der Waals surface area contributed by atoms with Crippen molar-refractivity contribution in [3.8, 4) is 0 Å². The van der Waals surface area contributed by atoms with Gasteiger partial charge in [0.05, 0.1) is 0 Å². The van der Waals surface area contributed by atoms with Gasteiger partial charge in [-0.25, -0.2) is 9.59 Å². The van der Waals surface area contributed by atoms with Gasteiger partial charge in [-0.15, -0.1) is 11.6 Å². The average Bonchev–Trinajstić information content (AvgIpc) is 1.96. The van der Waals surface area contributed by atoms with Crippen LogP contribution < -0.4 is 0 Å². The minimum absolute atomic E-state index is 0.122. The summed E-state index contributed by atoms with van der Waals surface area (Å²) < 4.78 is 0. The van der Waals surface area contributed by atoms with Crippen molar-refractivity contribution in [3.63, 3.8) is 0 Å². The van der Waals surface area contributed by atoms with Gasteiger partial charge >= 0.3 is 11.9 Å². The molecule has 0 fully saturated rings. The molecule has 68 valence electrons. The van der Waals surface area contributed by atoms with E-state index in [4.69, 9.17) is 21.8 Å². The van der Waals surface area contributed by atoms with Crippen LogP contribution in [0.2, 0.25) is 0 Å². The summed E-state index contributed by atoms with van der Waals surface area (Å²) in [7, 11) is 0. The van der Waals surface area contributed by atoms with Gasteiger partial charge in [0.25, 0.3) is 0 Å². The molecule has 0 radical (unpaired) electrons. The van der Waals surface area contributed by atoms with Gasteiger partial charge in [-0.05, 0) is 12.8 Å².